The van der Waals surface area contributed by atoms with Gasteiger partial charge in [-0.05, 0) is 26.7 Å². The van der Waals surface area contributed by atoms with Crippen LogP contribution in [0.2, 0.25) is 0 Å². The van der Waals surface area contributed by atoms with Gasteiger partial charge in [0.1, 0.15) is 0 Å². The van der Waals surface area contributed by atoms with E-state index in [1.54, 1.807) is 6.20 Å². The number of ether oxygens (including phenoxy) is 1. The van der Waals surface area contributed by atoms with Crippen molar-refractivity contribution in [3.05, 3.63) is 11.6 Å². The molecule has 3 atom stereocenters. The van der Waals surface area contributed by atoms with Crippen LogP contribution in [0, 0.1) is 0 Å². The zero-order chi connectivity index (χ0) is 15.5. The quantitative estimate of drug-likeness (QED) is 0.926. The second-order valence-electron chi connectivity index (χ2n) is 6.23. The minimum atomic E-state index is -0.0215. The summed E-state index contributed by atoms with van der Waals surface area (Å²) in [7, 11) is 0. The second-order valence-corrected chi connectivity index (χ2v) is 7.13. The Kier molecular flexibility index (Phi) is 4.95. The van der Waals surface area contributed by atoms with Gasteiger partial charge in [-0.15, -0.1) is 11.3 Å². The number of urea groups is 1. The molecule has 3 heterocycles. The molecule has 2 aliphatic rings. The average molecular weight is 324 g/mol. The van der Waals surface area contributed by atoms with Crippen LogP contribution in [0.4, 0.5) is 9.93 Å². The number of rotatable bonds is 3. The van der Waals surface area contributed by atoms with Crippen molar-refractivity contribution in [3.63, 3.8) is 0 Å². The van der Waals surface area contributed by atoms with Crippen LogP contribution < -0.4 is 5.32 Å². The summed E-state index contributed by atoms with van der Waals surface area (Å²) in [5.74, 6) is 0. The minimum Gasteiger partial charge on any atom is -0.373 e. The van der Waals surface area contributed by atoms with Gasteiger partial charge in [0, 0.05) is 43.8 Å². The van der Waals surface area contributed by atoms with Crippen LogP contribution in [0.15, 0.2) is 11.6 Å². The van der Waals surface area contributed by atoms with Crippen LogP contribution >= 0.6 is 11.3 Å². The molecule has 3 rings (SSSR count). The number of likely N-dealkylation sites (tertiary alicyclic amines) is 1. The molecule has 2 fully saturated rings. The average Bonchev–Trinajstić information content (AvgIpc) is 3.08. The Labute approximate surface area is 135 Å². The van der Waals surface area contributed by atoms with E-state index >= 15 is 0 Å². The fourth-order valence-electron chi connectivity index (χ4n) is 3.47. The van der Waals surface area contributed by atoms with E-state index < -0.39 is 0 Å². The van der Waals surface area contributed by atoms with E-state index in [0.717, 1.165) is 39.0 Å². The number of hydrogen-bond donors (Lipinski definition) is 1. The zero-order valence-electron chi connectivity index (χ0n) is 13.2. The van der Waals surface area contributed by atoms with Crippen molar-refractivity contribution < 1.29 is 9.53 Å². The zero-order valence-corrected chi connectivity index (χ0v) is 14.0. The van der Waals surface area contributed by atoms with Crippen molar-refractivity contribution in [1.29, 1.82) is 0 Å². The lowest BCUT2D eigenvalue weighted by atomic mass is 10.1. The van der Waals surface area contributed by atoms with Crippen molar-refractivity contribution in [2.45, 2.75) is 44.9 Å². The fraction of sp³-hybridized carbons (Fsp3) is 0.733. The maximum atomic E-state index is 12.4. The Balaban J connectivity index is 1.57. The van der Waals surface area contributed by atoms with Gasteiger partial charge in [0.2, 0.25) is 0 Å². The Bertz CT molecular complexity index is 486. The van der Waals surface area contributed by atoms with Gasteiger partial charge in [0.25, 0.3) is 0 Å². The third kappa shape index (κ3) is 3.77. The first-order valence-corrected chi connectivity index (χ1v) is 8.84. The number of thiazole rings is 1. The molecule has 0 saturated carbocycles. The molecule has 1 aromatic heterocycles. The summed E-state index contributed by atoms with van der Waals surface area (Å²) >= 11 is 1.45. The van der Waals surface area contributed by atoms with Gasteiger partial charge in [0.15, 0.2) is 5.13 Å². The largest absolute Gasteiger partial charge is 0.373 e. The molecule has 0 radical (unpaired) electrons. The first-order valence-electron chi connectivity index (χ1n) is 7.96. The van der Waals surface area contributed by atoms with E-state index in [9.17, 15) is 4.79 Å². The van der Waals surface area contributed by atoms with Gasteiger partial charge in [-0.25, -0.2) is 9.78 Å². The van der Waals surface area contributed by atoms with E-state index in [1.165, 1.54) is 11.3 Å². The molecule has 1 aromatic rings. The van der Waals surface area contributed by atoms with E-state index in [2.05, 4.69) is 29.0 Å². The number of nitrogens with zero attached hydrogens (tertiary/aromatic N) is 3. The number of aromatic nitrogens is 1. The van der Waals surface area contributed by atoms with E-state index in [4.69, 9.17) is 4.74 Å². The Morgan fingerprint density at radius 3 is 2.91 bits per heavy atom. The standard InChI is InChI=1S/C15H24N4O2S/c1-11-8-18(9-12(2)21-11)10-13-4-3-6-19(13)15(20)17-14-16-5-7-22-14/h5,7,11-13H,3-4,6,8-10H2,1-2H3,(H,16,17,20). The lowest BCUT2D eigenvalue weighted by Gasteiger charge is -2.38. The maximum absolute atomic E-state index is 12.4. The van der Waals surface area contributed by atoms with Crippen molar-refractivity contribution in [2.75, 3.05) is 31.5 Å². The van der Waals surface area contributed by atoms with Crippen LogP contribution in [0.1, 0.15) is 26.7 Å². The Hall–Kier alpha value is -1.18. The topological polar surface area (TPSA) is 57.7 Å². The lowest BCUT2D eigenvalue weighted by molar-refractivity contribution is -0.0712. The predicted octanol–water partition coefficient (Wildman–Crippen LogP) is 2.25. The van der Waals surface area contributed by atoms with Gasteiger partial charge < -0.3 is 9.64 Å². The predicted molar refractivity (Wildman–Crippen MR) is 87.3 cm³/mol. The third-order valence-corrected chi connectivity index (χ3v) is 4.94. The van der Waals surface area contributed by atoms with Gasteiger partial charge in [-0.3, -0.25) is 10.2 Å². The monoisotopic (exact) mass is 324 g/mol. The van der Waals surface area contributed by atoms with Gasteiger partial charge in [-0.1, -0.05) is 0 Å². The van der Waals surface area contributed by atoms with Crippen LogP contribution in [-0.2, 0) is 4.74 Å². The number of amides is 2. The molecule has 0 bridgehead atoms. The second kappa shape index (κ2) is 6.93. The normalized spacial score (nSPS) is 29.7. The summed E-state index contributed by atoms with van der Waals surface area (Å²) in [5, 5.41) is 5.44. The highest BCUT2D eigenvalue weighted by Crippen LogP contribution is 2.22. The molecule has 3 unspecified atom stereocenters. The van der Waals surface area contributed by atoms with E-state index in [1.807, 2.05) is 10.3 Å². The molecule has 2 amide bonds. The molecule has 122 valence electrons. The number of morpholine rings is 1. The fourth-order valence-corrected chi connectivity index (χ4v) is 3.99. The highest BCUT2D eigenvalue weighted by molar-refractivity contribution is 7.13. The SMILES string of the molecule is CC1CN(CC2CCCN2C(=O)Nc2nccs2)CC(C)O1. The van der Waals surface area contributed by atoms with Crippen molar-refractivity contribution >= 4 is 22.5 Å². The summed E-state index contributed by atoms with van der Waals surface area (Å²) in [6.07, 6.45) is 4.39. The van der Waals surface area contributed by atoms with E-state index in [-0.39, 0.29) is 24.3 Å². The van der Waals surface area contributed by atoms with E-state index in [0.29, 0.717) is 5.13 Å². The summed E-state index contributed by atoms with van der Waals surface area (Å²) in [6, 6.07) is 0.268. The maximum Gasteiger partial charge on any atom is 0.323 e. The molecule has 7 heteroatoms. The first-order chi connectivity index (χ1) is 10.6. The molecule has 0 spiro atoms. The molecule has 2 aliphatic heterocycles. The third-order valence-electron chi connectivity index (χ3n) is 4.25. The smallest absolute Gasteiger partial charge is 0.323 e. The molecule has 1 N–H and O–H groups in total. The Morgan fingerprint density at radius 1 is 1.45 bits per heavy atom. The van der Waals surface area contributed by atoms with Crippen LogP contribution in [-0.4, -0.2) is 65.2 Å². The first kappa shape index (κ1) is 15.7. The Morgan fingerprint density at radius 2 is 2.23 bits per heavy atom. The number of nitrogens with one attached hydrogen (secondary N) is 1. The van der Waals surface area contributed by atoms with Gasteiger partial charge in [-0.2, -0.15) is 0 Å². The molecule has 22 heavy (non-hydrogen) atoms. The highest BCUT2D eigenvalue weighted by atomic mass is 32.1. The molecular formula is C15H24N4O2S. The summed E-state index contributed by atoms with van der Waals surface area (Å²) in [4.78, 5) is 20.9. The van der Waals surface area contributed by atoms with Crippen LogP contribution in [0.3, 0.4) is 0 Å². The summed E-state index contributed by atoms with van der Waals surface area (Å²) in [6.45, 7) is 7.89. The summed E-state index contributed by atoms with van der Waals surface area (Å²) < 4.78 is 5.78. The molecule has 0 aliphatic carbocycles. The molecule has 2 saturated heterocycles. The van der Waals surface area contributed by atoms with Crippen LogP contribution in [0.25, 0.3) is 0 Å². The molecule has 6 nitrogen and oxygen atoms in total. The molecule has 0 aromatic carbocycles. The number of carbonyl (C=O) groups excluding carboxylic acids is 1. The highest BCUT2D eigenvalue weighted by Gasteiger charge is 2.32. The number of anilines is 1. The molecular weight excluding hydrogens is 300 g/mol. The van der Waals surface area contributed by atoms with Crippen LogP contribution in [0.5, 0.6) is 0 Å². The minimum absolute atomic E-state index is 0.0215. The van der Waals surface area contributed by atoms with Gasteiger partial charge in [0.05, 0.1) is 12.2 Å². The number of hydrogen-bond acceptors (Lipinski definition) is 5. The van der Waals surface area contributed by atoms with Crippen molar-refractivity contribution in [1.82, 2.24) is 14.8 Å². The van der Waals surface area contributed by atoms with Crippen molar-refractivity contribution in [2.24, 2.45) is 0 Å². The summed E-state index contributed by atoms with van der Waals surface area (Å²) in [5.41, 5.74) is 0. The number of carbonyl (C=O) groups is 1. The lowest BCUT2D eigenvalue weighted by Crippen LogP contribution is -2.51. The van der Waals surface area contributed by atoms with Gasteiger partial charge >= 0.3 is 6.03 Å². The van der Waals surface area contributed by atoms with Crippen molar-refractivity contribution in [3.8, 4) is 0 Å².